The summed E-state index contributed by atoms with van der Waals surface area (Å²) in [7, 11) is 0. The number of carboxylic acid groups (broad SMARTS) is 1. The maximum absolute atomic E-state index is 12.5. The number of hydrogen-bond donors (Lipinski definition) is 2. The summed E-state index contributed by atoms with van der Waals surface area (Å²) in [5.41, 5.74) is 0.492. The summed E-state index contributed by atoms with van der Waals surface area (Å²) in [4.78, 5) is 22.3. The lowest BCUT2D eigenvalue weighted by Crippen LogP contribution is -2.40. The SMILES string of the molecule is C[C@H](N[S+]([O-])C(C)(C)C)c1sc2c(N(Cc3ccco3)C(=O)O)nc(Cl)nc2c1Br. The van der Waals surface area contributed by atoms with Gasteiger partial charge in [0.25, 0.3) is 0 Å². The minimum Gasteiger partial charge on any atom is -0.598 e. The van der Waals surface area contributed by atoms with Crippen molar-refractivity contribution in [1.82, 2.24) is 14.7 Å². The molecule has 30 heavy (non-hydrogen) atoms. The molecule has 1 unspecified atom stereocenters. The van der Waals surface area contributed by atoms with Crippen LogP contribution in [0.5, 0.6) is 0 Å². The first-order chi connectivity index (χ1) is 14.0. The Labute approximate surface area is 194 Å². The first-order valence-corrected chi connectivity index (χ1v) is 12.0. The van der Waals surface area contributed by atoms with Crippen molar-refractivity contribution in [2.45, 2.75) is 45.0 Å². The van der Waals surface area contributed by atoms with Crippen LogP contribution in [0.15, 0.2) is 27.3 Å². The Morgan fingerprint density at radius 2 is 2.20 bits per heavy atom. The van der Waals surface area contributed by atoms with Gasteiger partial charge in [-0.2, -0.15) is 4.98 Å². The number of amides is 1. The maximum Gasteiger partial charge on any atom is 0.413 e. The number of rotatable bonds is 6. The normalized spacial score (nSPS) is 14.1. The molecule has 3 aromatic heterocycles. The van der Waals surface area contributed by atoms with Crippen LogP contribution < -0.4 is 9.62 Å². The molecule has 0 bridgehead atoms. The van der Waals surface area contributed by atoms with Gasteiger partial charge in [-0.1, -0.05) is 0 Å². The molecule has 0 spiro atoms. The summed E-state index contributed by atoms with van der Waals surface area (Å²) in [6.07, 6.45) is 0.272. The molecule has 8 nitrogen and oxygen atoms in total. The van der Waals surface area contributed by atoms with Crippen molar-refractivity contribution in [1.29, 1.82) is 0 Å². The highest BCUT2D eigenvalue weighted by Gasteiger charge is 2.31. The first kappa shape index (κ1) is 23.3. The summed E-state index contributed by atoms with van der Waals surface area (Å²) in [6, 6.07) is 3.08. The van der Waals surface area contributed by atoms with E-state index in [-0.39, 0.29) is 23.7 Å². The zero-order valence-corrected chi connectivity index (χ0v) is 20.6. The number of anilines is 1. The van der Waals surface area contributed by atoms with E-state index in [1.807, 2.05) is 27.7 Å². The molecule has 2 N–H and O–H groups in total. The van der Waals surface area contributed by atoms with Gasteiger partial charge in [-0.05, 0) is 67.4 Å². The molecule has 0 aliphatic carbocycles. The largest absolute Gasteiger partial charge is 0.598 e. The van der Waals surface area contributed by atoms with E-state index in [9.17, 15) is 14.5 Å². The molecule has 0 aliphatic rings. The molecule has 3 aromatic rings. The van der Waals surface area contributed by atoms with Crippen molar-refractivity contribution in [3.05, 3.63) is 38.8 Å². The molecule has 1 amide bonds. The number of nitrogens with zero attached hydrogens (tertiary/aromatic N) is 3. The monoisotopic (exact) mass is 534 g/mol. The number of carbonyl (C=O) groups is 1. The number of thiophene rings is 1. The summed E-state index contributed by atoms with van der Waals surface area (Å²) in [5.74, 6) is 0.627. The minimum absolute atomic E-state index is 0.0303. The van der Waals surface area contributed by atoms with Gasteiger partial charge in [0.05, 0.1) is 28.0 Å². The van der Waals surface area contributed by atoms with E-state index < -0.39 is 22.2 Å². The van der Waals surface area contributed by atoms with E-state index >= 15 is 0 Å². The van der Waals surface area contributed by atoms with Crippen molar-refractivity contribution in [3.63, 3.8) is 0 Å². The predicted octanol–water partition coefficient (Wildman–Crippen LogP) is 5.50. The van der Waals surface area contributed by atoms with Gasteiger partial charge in [-0.25, -0.2) is 9.78 Å². The fourth-order valence-corrected chi connectivity index (χ4v) is 5.74. The highest BCUT2D eigenvalue weighted by molar-refractivity contribution is 9.10. The number of halogens is 2. The van der Waals surface area contributed by atoms with Gasteiger partial charge in [0.15, 0.2) is 5.82 Å². The molecular formula is C18H20BrClN4O4S2. The average molecular weight is 536 g/mol. The number of furan rings is 1. The Balaban J connectivity index is 2.06. The van der Waals surface area contributed by atoms with Crippen molar-refractivity contribution in [2.75, 3.05) is 4.90 Å². The van der Waals surface area contributed by atoms with Gasteiger partial charge in [0.1, 0.15) is 16.0 Å². The van der Waals surface area contributed by atoms with Crippen molar-refractivity contribution < 1.29 is 18.9 Å². The molecular weight excluding hydrogens is 516 g/mol. The Morgan fingerprint density at radius 3 is 2.77 bits per heavy atom. The maximum atomic E-state index is 12.5. The van der Waals surface area contributed by atoms with Gasteiger partial charge in [0, 0.05) is 16.2 Å². The van der Waals surface area contributed by atoms with E-state index in [2.05, 4.69) is 30.6 Å². The zero-order chi connectivity index (χ0) is 22.2. The van der Waals surface area contributed by atoms with E-state index in [1.54, 1.807) is 12.1 Å². The second-order valence-corrected chi connectivity index (χ2v) is 11.6. The van der Waals surface area contributed by atoms with Crippen molar-refractivity contribution in [3.8, 4) is 0 Å². The second-order valence-electron chi connectivity index (χ2n) is 7.44. The zero-order valence-electron chi connectivity index (χ0n) is 16.6. The topological polar surface area (TPSA) is 115 Å². The lowest BCUT2D eigenvalue weighted by molar-refractivity contribution is 0.200. The molecule has 0 aromatic carbocycles. The van der Waals surface area contributed by atoms with Gasteiger partial charge in [0.2, 0.25) is 5.28 Å². The smallest absolute Gasteiger partial charge is 0.413 e. The van der Waals surface area contributed by atoms with E-state index in [4.69, 9.17) is 16.0 Å². The third-order valence-corrected chi connectivity index (χ3v) is 8.34. The van der Waals surface area contributed by atoms with Crippen LogP contribution in [-0.4, -0.2) is 30.5 Å². The summed E-state index contributed by atoms with van der Waals surface area (Å²) < 4.78 is 21.7. The van der Waals surface area contributed by atoms with Crippen LogP contribution in [0.25, 0.3) is 10.2 Å². The molecule has 0 saturated heterocycles. The number of aromatic nitrogens is 2. The van der Waals surface area contributed by atoms with Crippen LogP contribution in [0, 0.1) is 0 Å². The molecule has 0 radical (unpaired) electrons. The van der Waals surface area contributed by atoms with Crippen LogP contribution in [-0.2, 0) is 17.9 Å². The first-order valence-electron chi connectivity index (χ1n) is 8.85. The van der Waals surface area contributed by atoms with Crippen LogP contribution in [0.4, 0.5) is 10.6 Å². The highest BCUT2D eigenvalue weighted by atomic mass is 79.9. The third kappa shape index (κ3) is 4.92. The Morgan fingerprint density at radius 1 is 1.50 bits per heavy atom. The third-order valence-electron chi connectivity index (χ3n) is 4.07. The fourth-order valence-electron chi connectivity index (χ4n) is 2.57. The molecule has 0 saturated carbocycles. The number of nitrogens with one attached hydrogen (secondary N) is 1. The fraction of sp³-hybridized carbons (Fsp3) is 0.389. The highest BCUT2D eigenvalue weighted by Crippen LogP contribution is 2.43. The Kier molecular flexibility index (Phi) is 7.00. The summed E-state index contributed by atoms with van der Waals surface area (Å²) in [6.45, 7) is 7.49. The van der Waals surface area contributed by atoms with Crippen molar-refractivity contribution in [2.24, 2.45) is 0 Å². The molecule has 0 aliphatic heterocycles. The Bertz CT molecular complexity index is 1050. The molecule has 12 heteroatoms. The lowest BCUT2D eigenvalue weighted by atomic mass is 10.3. The van der Waals surface area contributed by atoms with Gasteiger partial charge in [-0.15, -0.1) is 16.1 Å². The van der Waals surface area contributed by atoms with Gasteiger partial charge in [-0.3, -0.25) is 4.90 Å². The predicted molar refractivity (Wildman–Crippen MR) is 122 cm³/mol. The van der Waals surface area contributed by atoms with Gasteiger partial charge < -0.3 is 14.1 Å². The van der Waals surface area contributed by atoms with Crippen LogP contribution in [0.3, 0.4) is 0 Å². The van der Waals surface area contributed by atoms with E-state index in [0.717, 1.165) is 9.78 Å². The molecule has 0 fully saturated rings. The standard InChI is InChI=1S/C18H20BrClN4O4S2/c1-9(23-30(27)18(2,3)4)13-11(19)12-14(29-13)15(22-16(20)21-12)24(17(25)26)8-10-6-5-7-28-10/h5-7,9,23H,8H2,1-4H3,(H,25,26)/t9-,30?/m0/s1. The molecule has 162 valence electrons. The average Bonchev–Trinajstić information content (AvgIpc) is 3.26. The molecule has 3 heterocycles. The molecule has 3 rings (SSSR count). The number of fused-ring (bicyclic) bond motifs is 1. The lowest BCUT2D eigenvalue weighted by Gasteiger charge is -2.26. The summed E-state index contributed by atoms with van der Waals surface area (Å²) in [5, 5.41) is 9.71. The quantitative estimate of drug-likeness (QED) is 0.316. The Hall–Kier alpha value is -1.37. The number of hydrogen-bond acceptors (Lipinski definition) is 7. The summed E-state index contributed by atoms with van der Waals surface area (Å²) >= 11 is 9.69. The van der Waals surface area contributed by atoms with E-state index in [0.29, 0.717) is 20.4 Å². The van der Waals surface area contributed by atoms with E-state index in [1.165, 1.54) is 17.6 Å². The van der Waals surface area contributed by atoms with Crippen LogP contribution >= 0.6 is 38.9 Å². The van der Waals surface area contributed by atoms with Crippen LogP contribution in [0.2, 0.25) is 5.28 Å². The van der Waals surface area contributed by atoms with Gasteiger partial charge >= 0.3 is 6.09 Å². The molecule has 2 atom stereocenters. The van der Waals surface area contributed by atoms with Crippen LogP contribution in [0.1, 0.15) is 44.4 Å². The second kappa shape index (κ2) is 9.01. The van der Waals surface area contributed by atoms with Crippen molar-refractivity contribution >= 4 is 72.4 Å². The minimum atomic E-state index is -1.29.